The van der Waals surface area contributed by atoms with Crippen molar-refractivity contribution in [3.8, 4) is 0 Å². The normalized spacial score (nSPS) is 20.8. The Labute approximate surface area is 206 Å². The standard InChI is InChI=1S/C26H32N4O4S/c1-27-26(32)24-16-21-5-2-3-6-22(21)17-29(24)18-25(31)28-11-13-30(14-12-28)35(33,34)23-10-9-19-7-4-8-20(19)15-23/h2-3,5-6,9-10,15,24H,4,7-8,11-14,16-18H2,1H3,(H,27,32)/t24-/m0/s1. The summed E-state index contributed by atoms with van der Waals surface area (Å²) in [6.45, 7) is 1.90. The topological polar surface area (TPSA) is 90.0 Å². The molecule has 5 rings (SSSR count). The summed E-state index contributed by atoms with van der Waals surface area (Å²) in [5.41, 5.74) is 4.64. The Hall–Kier alpha value is -2.75. The van der Waals surface area contributed by atoms with Gasteiger partial charge in [0.25, 0.3) is 0 Å². The first-order valence-electron chi connectivity index (χ1n) is 12.3. The lowest BCUT2D eigenvalue weighted by atomic mass is 9.93. The van der Waals surface area contributed by atoms with E-state index in [1.807, 2.05) is 41.3 Å². The van der Waals surface area contributed by atoms with Crippen LogP contribution in [0, 0.1) is 0 Å². The third-order valence-corrected chi connectivity index (χ3v) is 9.43. The largest absolute Gasteiger partial charge is 0.358 e. The molecule has 2 amide bonds. The monoisotopic (exact) mass is 496 g/mol. The number of nitrogens with one attached hydrogen (secondary N) is 1. The number of carbonyl (C=O) groups excluding carboxylic acids is 2. The Morgan fingerprint density at radius 1 is 0.943 bits per heavy atom. The molecule has 2 aromatic carbocycles. The number of fused-ring (bicyclic) bond motifs is 2. The van der Waals surface area contributed by atoms with Gasteiger partial charge >= 0.3 is 0 Å². The lowest BCUT2D eigenvalue weighted by Gasteiger charge is -2.38. The second-order valence-electron chi connectivity index (χ2n) is 9.58. The summed E-state index contributed by atoms with van der Waals surface area (Å²) in [5, 5.41) is 2.72. The van der Waals surface area contributed by atoms with E-state index in [-0.39, 0.29) is 31.4 Å². The lowest BCUT2D eigenvalue weighted by Crippen LogP contribution is -2.56. The second-order valence-corrected chi connectivity index (χ2v) is 11.5. The van der Waals surface area contributed by atoms with E-state index in [9.17, 15) is 18.0 Å². The third kappa shape index (κ3) is 4.72. The van der Waals surface area contributed by atoms with Crippen LogP contribution in [0.1, 0.15) is 28.7 Å². The highest BCUT2D eigenvalue weighted by molar-refractivity contribution is 7.89. The molecule has 2 aromatic rings. The van der Waals surface area contributed by atoms with Gasteiger partial charge in [0, 0.05) is 39.8 Å². The number of amides is 2. The smallest absolute Gasteiger partial charge is 0.243 e. The van der Waals surface area contributed by atoms with E-state index in [4.69, 9.17) is 0 Å². The van der Waals surface area contributed by atoms with E-state index in [0.29, 0.717) is 31.0 Å². The van der Waals surface area contributed by atoms with E-state index in [1.54, 1.807) is 18.0 Å². The highest BCUT2D eigenvalue weighted by atomic mass is 32.2. The minimum Gasteiger partial charge on any atom is -0.358 e. The van der Waals surface area contributed by atoms with E-state index in [1.165, 1.54) is 9.87 Å². The Balaban J connectivity index is 1.23. The van der Waals surface area contributed by atoms with Crippen molar-refractivity contribution in [2.24, 2.45) is 0 Å². The minimum atomic E-state index is -3.58. The molecule has 186 valence electrons. The van der Waals surface area contributed by atoms with Gasteiger partial charge < -0.3 is 10.2 Å². The molecule has 8 nitrogen and oxygen atoms in total. The lowest BCUT2D eigenvalue weighted by molar-refractivity contribution is -0.136. The molecule has 9 heteroatoms. The third-order valence-electron chi connectivity index (χ3n) is 7.53. The number of rotatable bonds is 5. The van der Waals surface area contributed by atoms with Gasteiger partial charge in [-0.3, -0.25) is 14.5 Å². The molecule has 3 aliphatic rings. The highest BCUT2D eigenvalue weighted by Gasteiger charge is 2.35. The fourth-order valence-corrected chi connectivity index (χ4v) is 6.95. The van der Waals surface area contributed by atoms with Crippen LogP contribution in [-0.4, -0.2) is 80.2 Å². The zero-order valence-corrected chi connectivity index (χ0v) is 20.9. The van der Waals surface area contributed by atoms with Crippen LogP contribution < -0.4 is 5.32 Å². The first-order chi connectivity index (χ1) is 16.9. The summed E-state index contributed by atoms with van der Waals surface area (Å²) in [5.74, 6) is -0.176. The van der Waals surface area contributed by atoms with Crippen LogP contribution in [0.4, 0.5) is 0 Å². The highest BCUT2D eigenvalue weighted by Crippen LogP contribution is 2.27. The van der Waals surface area contributed by atoms with Gasteiger partial charge in [-0.25, -0.2) is 8.42 Å². The van der Waals surface area contributed by atoms with Crippen molar-refractivity contribution in [3.63, 3.8) is 0 Å². The van der Waals surface area contributed by atoms with Crippen molar-refractivity contribution >= 4 is 21.8 Å². The molecule has 2 heterocycles. The number of carbonyl (C=O) groups is 2. The van der Waals surface area contributed by atoms with Crippen LogP contribution >= 0.6 is 0 Å². The van der Waals surface area contributed by atoms with Crippen LogP contribution in [0.2, 0.25) is 0 Å². The molecule has 1 atom stereocenters. The molecule has 1 aliphatic carbocycles. The summed E-state index contributed by atoms with van der Waals surface area (Å²) < 4.78 is 27.9. The molecule has 0 radical (unpaired) electrons. The summed E-state index contributed by atoms with van der Waals surface area (Å²) in [6.07, 6.45) is 3.58. The number of likely N-dealkylation sites (N-methyl/N-ethyl adjacent to an activating group) is 1. The number of aryl methyl sites for hydroxylation is 2. The van der Waals surface area contributed by atoms with Gasteiger partial charge in [0.15, 0.2) is 0 Å². The summed E-state index contributed by atoms with van der Waals surface area (Å²) in [6, 6.07) is 13.1. The molecule has 1 N–H and O–H groups in total. The average Bonchev–Trinajstić information content (AvgIpc) is 3.36. The molecule has 1 fully saturated rings. The number of benzene rings is 2. The fourth-order valence-electron chi connectivity index (χ4n) is 5.48. The molecule has 0 saturated carbocycles. The predicted octanol–water partition coefficient (Wildman–Crippen LogP) is 1.18. The number of piperazine rings is 1. The fraction of sp³-hybridized carbons (Fsp3) is 0.462. The van der Waals surface area contributed by atoms with Crippen molar-refractivity contribution in [3.05, 3.63) is 64.7 Å². The number of nitrogens with zero attached hydrogens (tertiary/aromatic N) is 3. The average molecular weight is 497 g/mol. The van der Waals surface area contributed by atoms with Crippen LogP contribution in [-0.2, 0) is 45.4 Å². The van der Waals surface area contributed by atoms with Crippen LogP contribution in [0.5, 0.6) is 0 Å². The molecule has 0 aromatic heterocycles. The number of sulfonamides is 1. The molecule has 0 unspecified atom stereocenters. The minimum absolute atomic E-state index is 0.0761. The van der Waals surface area contributed by atoms with Crippen molar-refractivity contribution in [1.82, 2.24) is 19.4 Å². The second kappa shape index (κ2) is 9.72. The van der Waals surface area contributed by atoms with Crippen molar-refractivity contribution in [2.75, 3.05) is 39.8 Å². The maximum atomic E-state index is 13.2. The maximum Gasteiger partial charge on any atom is 0.243 e. The van der Waals surface area contributed by atoms with Gasteiger partial charge in [-0.2, -0.15) is 4.31 Å². The van der Waals surface area contributed by atoms with Crippen LogP contribution in [0.15, 0.2) is 47.4 Å². The first kappa shape index (κ1) is 24.0. The van der Waals surface area contributed by atoms with Crippen molar-refractivity contribution in [2.45, 2.75) is 43.2 Å². The zero-order chi connectivity index (χ0) is 24.6. The Bertz CT molecular complexity index is 1240. The van der Waals surface area contributed by atoms with Gasteiger partial charge in [0.2, 0.25) is 21.8 Å². The molecule has 35 heavy (non-hydrogen) atoms. The van der Waals surface area contributed by atoms with E-state index in [0.717, 1.165) is 36.0 Å². The van der Waals surface area contributed by atoms with Gasteiger partial charge in [0.1, 0.15) is 0 Å². The first-order valence-corrected chi connectivity index (χ1v) is 13.7. The molecule has 0 bridgehead atoms. The number of hydrogen-bond acceptors (Lipinski definition) is 5. The van der Waals surface area contributed by atoms with E-state index in [2.05, 4.69) is 5.32 Å². The van der Waals surface area contributed by atoms with Gasteiger partial charge in [0.05, 0.1) is 17.5 Å². The zero-order valence-electron chi connectivity index (χ0n) is 20.1. The maximum absolute atomic E-state index is 13.2. The molecule has 0 spiro atoms. The Morgan fingerprint density at radius 2 is 1.66 bits per heavy atom. The van der Waals surface area contributed by atoms with Gasteiger partial charge in [-0.05, 0) is 60.1 Å². The van der Waals surface area contributed by atoms with E-state index >= 15 is 0 Å². The van der Waals surface area contributed by atoms with Gasteiger partial charge in [-0.1, -0.05) is 30.3 Å². The van der Waals surface area contributed by atoms with E-state index < -0.39 is 16.1 Å². The van der Waals surface area contributed by atoms with Crippen LogP contribution in [0.25, 0.3) is 0 Å². The molecular formula is C26H32N4O4S. The molecule has 1 saturated heterocycles. The molecular weight excluding hydrogens is 464 g/mol. The predicted molar refractivity (Wildman–Crippen MR) is 132 cm³/mol. The van der Waals surface area contributed by atoms with Crippen molar-refractivity contribution < 1.29 is 18.0 Å². The SMILES string of the molecule is CNC(=O)[C@@H]1Cc2ccccc2CN1CC(=O)N1CCN(S(=O)(=O)c2ccc3c(c2)CCC3)CC1. The Morgan fingerprint density at radius 3 is 2.40 bits per heavy atom. The van der Waals surface area contributed by atoms with Crippen molar-refractivity contribution in [1.29, 1.82) is 0 Å². The quantitative estimate of drug-likeness (QED) is 0.672. The Kier molecular flexibility index (Phi) is 6.65. The molecule has 2 aliphatic heterocycles. The summed E-state index contributed by atoms with van der Waals surface area (Å²) in [7, 11) is -1.97. The van der Waals surface area contributed by atoms with Crippen LogP contribution in [0.3, 0.4) is 0 Å². The summed E-state index contributed by atoms with van der Waals surface area (Å²) >= 11 is 0. The number of hydrogen-bond donors (Lipinski definition) is 1. The van der Waals surface area contributed by atoms with Gasteiger partial charge in [-0.15, -0.1) is 0 Å². The summed E-state index contributed by atoms with van der Waals surface area (Å²) in [4.78, 5) is 29.7.